The summed E-state index contributed by atoms with van der Waals surface area (Å²) in [6.07, 6.45) is 3.49. The van der Waals surface area contributed by atoms with Crippen LogP contribution in [0, 0.1) is 6.92 Å². The number of ether oxygens (including phenoxy) is 1. The van der Waals surface area contributed by atoms with E-state index in [0.717, 1.165) is 17.0 Å². The topological polar surface area (TPSA) is 59.5 Å². The van der Waals surface area contributed by atoms with Gasteiger partial charge in [0, 0.05) is 18.8 Å². The molecule has 0 saturated carbocycles. The van der Waals surface area contributed by atoms with Gasteiger partial charge in [0.25, 0.3) is 0 Å². The molecule has 6 heteroatoms. The van der Waals surface area contributed by atoms with Crippen LogP contribution < -0.4 is 4.74 Å². The van der Waals surface area contributed by atoms with E-state index in [4.69, 9.17) is 4.74 Å². The summed E-state index contributed by atoms with van der Waals surface area (Å²) >= 11 is 0. The predicted octanol–water partition coefficient (Wildman–Crippen LogP) is 4.56. The van der Waals surface area contributed by atoms with Crippen molar-refractivity contribution in [1.82, 2.24) is 9.29 Å². The van der Waals surface area contributed by atoms with E-state index >= 15 is 0 Å². The third kappa shape index (κ3) is 4.87. The average molecular weight is 415 g/mol. The van der Waals surface area contributed by atoms with Gasteiger partial charge in [-0.2, -0.15) is 4.31 Å². The minimum atomic E-state index is -3.63. The summed E-state index contributed by atoms with van der Waals surface area (Å²) in [5.74, 6) is 0.392. The van der Waals surface area contributed by atoms with Crippen LogP contribution in [0.5, 0.6) is 5.75 Å². The van der Waals surface area contributed by atoms with E-state index in [1.54, 1.807) is 16.4 Å². The van der Waals surface area contributed by atoms with E-state index in [1.807, 2.05) is 31.2 Å². The molecule has 0 atom stereocenters. The molecule has 2 aromatic rings. The first-order chi connectivity index (χ1) is 13.6. The maximum Gasteiger partial charge on any atom is 0.246 e. The number of pyridine rings is 1. The van der Waals surface area contributed by atoms with Gasteiger partial charge in [-0.05, 0) is 61.1 Å². The molecule has 1 aromatic carbocycles. The van der Waals surface area contributed by atoms with Gasteiger partial charge < -0.3 is 4.74 Å². The number of hydrogen-bond donors (Lipinski definition) is 0. The quantitative estimate of drug-likeness (QED) is 0.736. The van der Waals surface area contributed by atoms with Crippen LogP contribution in [0.3, 0.4) is 0 Å². The second-order valence-electron chi connectivity index (χ2n) is 8.53. The minimum Gasteiger partial charge on any atom is -0.495 e. The van der Waals surface area contributed by atoms with E-state index in [0.29, 0.717) is 31.7 Å². The lowest BCUT2D eigenvalue weighted by molar-refractivity contribution is 0.375. The van der Waals surface area contributed by atoms with Crippen molar-refractivity contribution in [2.24, 2.45) is 0 Å². The van der Waals surface area contributed by atoms with Gasteiger partial charge in [0.05, 0.1) is 12.8 Å². The van der Waals surface area contributed by atoms with Crippen LogP contribution in [0.15, 0.2) is 46.9 Å². The van der Waals surface area contributed by atoms with E-state index < -0.39 is 10.0 Å². The molecule has 29 heavy (non-hydrogen) atoms. The molecule has 0 aliphatic carbocycles. The Kier molecular flexibility index (Phi) is 6.15. The Labute approximate surface area is 174 Å². The van der Waals surface area contributed by atoms with E-state index in [-0.39, 0.29) is 10.3 Å². The molecule has 0 amide bonds. The Bertz CT molecular complexity index is 1010. The Balaban J connectivity index is 1.83. The highest BCUT2D eigenvalue weighted by atomic mass is 32.2. The zero-order valence-corrected chi connectivity index (χ0v) is 18.7. The molecule has 0 N–H and O–H groups in total. The predicted molar refractivity (Wildman–Crippen MR) is 117 cm³/mol. The number of hydrogen-bond acceptors (Lipinski definition) is 4. The summed E-state index contributed by atoms with van der Waals surface area (Å²) in [6.45, 7) is 9.11. The standard InChI is InChI=1S/C23H30N2O3S/c1-17-7-6-8-20(24-17)15-18-11-13-25(14-12-18)29(26,27)22-16-19(23(2,3)4)9-10-21(22)28-5/h6-10,15-16H,11-14H2,1-5H3. The van der Waals surface area contributed by atoms with Crippen molar-refractivity contribution in [3.05, 3.63) is 58.9 Å². The molecule has 1 saturated heterocycles. The molecule has 1 aliphatic rings. The van der Waals surface area contributed by atoms with Crippen molar-refractivity contribution in [3.8, 4) is 5.75 Å². The second kappa shape index (κ2) is 8.28. The van der Waals surface area contributed by atoms with Crippen molar-refractivity contribution in [3.63, 3.8) is 0 Å². The lowest BCUT2D eigenvalue weighted by Gasteiger charge is -2.29. The molecule has 5 nitrogen and oxygen atoms in total. The minimum absolute atomic E-state index is 0.144. The second-order valence-corrected chi connectivity index (χ2v) is 10.4. The number of sulfonamides is 1. The monoisotopic (exact) mass is 414 g/mol. The Morgan fingerprint density at radius 3 is 2.38 bits per heavy atom. The van der Waals surface area contributed by atoms with E-state index in [9.17, 15) is 8.42 Å². The van der Waals surface area contributed by atoms with E-state index in [1.165, 1.54) is 12.7 Å². The number of aryl methyl sites for hydroxylation is 1. The lowest BCUT2D eigenvalue weighted by atomic mass is 9.87. The first-order valence-electron chi connectivity index (χ1n) is 9.93. The number of piperidine rings is 1. The van der Waals surface area contributed by atoms with Crippen LogP contribution in [0.2, 0.25) is 0 Å². The van der Waals surface area contributed by atoms with Gasteiger partial charge in [0.1, 0.15) is 10.6 Å². The lowest BCUT2D eigenvalue weighted by Crippen LogP contribution is -2.36. The summed E-state index contributed by atoms with van der Waals surface area (Å²) < 4.78 is 33.7. The zero-order chi connectivity index (χ0) is 21.2. The molecule has 0 bridgehead atoms. The zero-order valence-electron chi connectivity index (χ0n) is 17.9. The normalized spacial score (nSPS) is 16.0. The fourth-order valence-electron chi connectivity index (χ4n) is 3.50. The molecule has 1 aliphatic heterocycles. The van der Waals surface area contributed by atoms with Gasteiger partial charge in [0.2, 0.25) is 10.0 Å². The van der Waals surface area contributed by atoms with E-state index in [2.05, 4.69) is 31.8 Å². The van der Waals surface area contributed by atoms with Crippen molar-refractivity contribution in [2.45, 2.75) is 50.8 Å². The van der Waals surface area contributed by atoms with Crippen LogP contribution in [-0.2, 0) is 15.4 Å². The maximum absolute atomic E-state index is 13.4. The Hall–Kier alpha value is -2.18. The molecule has 1 aromatic heterocycles. The fourth-order valence-corrected chi connectivity index (χ4v) is 5.12. The Morgan fingerprint density at radius 2 is 1.79 bits per heavy atom. The molecule has 156 valence electrons. The third-order valence-corrected chi connectivity index (χ3v) is 7.19. The first-order valence-corrected chi connectivity index (χ1v) is 11.4. The third-order valence-electron chi connectivity index (χ3n) is 5.27. The van der Waals surface area contributed by atoms with Gasteiger partial charge in [0.15, 0.2) is 0 Å². The van der Waals surface area contributed by atoms with Gasteiger partial charge in [-0.3, -0.25) is 4.98 Å². The van der Waals surface area contributed by atoms with Crippen molar-refractivity contribution in [1.29, 1.82) is 0 Å². The van der Waals surface area contributed by atoms with Crippen molar-refractivity contribution < 1.29 is 13.2 Å². The fraction of sp³-hybridized carbons (Fsp3) is 0.435. The average Bonchev–Trinajstić information content (AvgIpc) is 2.67. The molecule has 2 heterocycles. The number of aromatic nitrogens is 1. The van der Waals surface area contributed by atoms with Gasteiger partial charge in [-0.1, -0.05) is 38.5 Å². The summed E-state index contributed by atoms with van der Waals surface area (Å²) in [6, 6.07) is 11.4. The number of benzene rings is 1. The highest BCUT2D eigenvalue weighted by molar-refractivity contribution is 7.89. The molecule has 1 fully saturated rings. The van der Waals surface area contributed by atoms with Gasteiger partial charge in [-0.25, -0.2) is 8.42 Å². The highest BCUT2D eigenvalue weighted by Gasteiger charge is 2.31. The van der Waals surface area contributed by atoms with Gasteiger partial charge >= 0.3 is 0 Å². The number of methoxy groups -OCH3 is 1. The van der Waals surface area contributed by atoms with Crippen LogP contribution in [0.4, 0.5) is 0 Å². The van der Waals surface area contributed by atoms with Crippen LogP contribution >= 0.6 is 0 Å². The van der Waals surface area contributed by atoms with Crippen LogP contribution in [0.1, 0.15) is 50.6 Å². The smallest absolute Gasteiger partial charge is 0.246 e. The summed E-state index contributed by atoms with van der Waals surface area (Å²) in [5, 5.41) is 0. The van der Waals surface area contributed by atoms with Crippen LogP contribution in [-0.4, -0.2) is 37.9 Å². The number of nitrogens with zero attached hydrogens (tertiary/aromatic N) is 2. The SMILES string of the molecule is COc1ccc(C(C)(C)C)cc1S(=O)(=O)N1CCC(=Cc2cccc(C)n2)CC1. The first kappa shape index (κ1) is 21.5. The molecular formula is C23H30N2O3S. The molecular weight excluding hydrogens is 384 g/mol. The highest BCUT2D eigenvalue weighted by Crippen LogP contribution is 2.34. The molecule has 3 rings (SSSR count). The molecule has 0 radical (unpaired) electrons. The van der Waals surface area contributed by atoms with Crippen molar-refractivity contribution in [2.75, 3.05) is 20.2 Å². The summed E-state index contributed by atoms with van der Waals surface area (Å²) in [5.41, 5.74) is 3.96. The van der Waals surface area contributed by atoms with Gasteiger partial charge in [-0.15, -0.1) is 0 Å². The molecule has 0 unspecified atom stereocenters. The summed E-state index contributed by atoms with van der Waals surface area (Å²) in [7, 11) is -2.11. The largest absolute Gasteiger partial charge is 0.495 e. The number of rotatable bonds is 4. The van der Waals surface area contributed by atoms with Crippen molar-refractivity contribution >= 4 is 16.1 Å². The molecule has 0 spiro atoms. The Morgan fingerprint density at radius 1 is 1.10 bits per heavy atom. The van der Waals surface area contributed by atoms with Crippen LogP contribution in [0.25, 0.3) is 6.08 Å². The summed E-state index contributed by atoms with van der Waals surface area (Å²) in [4.78, 5) is 4.76. The maximum atomic E-state index is 13.4.